The molecule has 20 heavy (non-hydrogen) atoms. The second-order valence-electron chi connectivity index (χ2n) is 4.74. The van der Waals surface area contributed by atoms with Gasteiger partial charge in [0.1, 0.15) is 0 Å². The summed E-state index contributed by atoms with van der Waals surface area (Å²) in [6, 6.07) is 7.17. The first-order chi connectivity index (χ1) is 8.90. The van der Waals surface area contributed by atoms with E-state index in [9.17, 15) is 9.59 Å². The van der Waals surface area contributed by atoms with Gasteiger partial charge in [0.2, 0.25) is 11.8 Å². The molecule has 0 saturated carbocycles. The lowest BCUT2D eigenvalue weighted by atomic mass is 10.0. The van der Waals surface area contributed by atoms with Gasteiger partial charge in [-0.1, -0.05) is 19.1 Å². The third-order valence-electron chi connectivity index (χ3n) is 2.94. The van der Waals surface area contributed by atoms with Gasteiger partial charge in [0.25, 0.3) is 0 Å². The standard InChI is InChI=1S/C14H21N3O2.ClH/c1-9(10(2)15)14(19)16-8-12-4-6-13(7-5-12)17-11(3)18;/h4-7,9-10H,8,15H2,1-3H3,(H,16,19)(H,17,18);1H. The van der Waals surface area contributed by atoms with Gasteiger partial charge in [0, 0.05) is 31.1 Å². The molecule has 2 atom stereocenters. The van der Waals surface area contributed by atoms with Crippen molar-refractivity contribution in [2.24, 2.45) is 11.7 Å². The Balaban J connectivity index is 0.00000361. The van der Waals surface area contributed by atoms with Gasteiger partial charge < -0.3 is 16.4 Å². The van der Waals surface area contributed by atoms with E-state index in [0.717, 1.165) is 11.3 Å². The van der Waals surface area contributed by atoms with Crippen LogP contribution >= 0.6 is 12.4 Å². The van der Waals surface area contributed by atoms with E-state index >= 15 is 0 Å². The molecule has 0 saturated heterocycles. The normalized spacial score (nSPS) is 12.8. The molecule has 0 bridgehead atoms. The van der Waals surface area contributed by atoms with E-state index in [-0.39, 0.29) is 36.2 Å². The van der Waals surface area contributed by atoms with Crippen LogP contribution in [0, 0.1) is 5.92 Å². The van der Waals surface area contributed by atoms with E-state index in [1.165, 1.54) is 6.92 Å². The number of hydrogen-bond acceptors (Lipinski definition) is 3. The monoisotopic (exact) mass is 299 g/mol. The van der Waals surface area contributed by atoms with E-state index in [4.69, 9.17) is 5.73 Å². The van der Waals surface area contributed by atoms with Crippen LogP contribution in [0.4, 0.5) is 5.69 Å². The summed E-state index contributed by atoms with van der Waals surface area (Å²) in [5.41, 5.74) is 7.38. The van der Waals surface area contributed by atoms with Crippen molar-refractivity contribution < 1.29 is 9.59 Å². The van der Waals surface area contributed by atoms with E-state index < -0.39 is 0 Å². The SMILES string of the molecule is CC(=O)Nc1ccc(CNC(=O)C(C)C(C)N)cc1.Cl. The van der Waals surface area contributed by atoms with E-state index in [0.29, 0.717) is 6.54 Å². The fourth-order valence-corrected chi connectivity index (χ4v) is 1.50. The molecular formula is C14H22ClN3O2. The summed E-state index contributed by atoms with van der Waals surface area (Å²) in [7, 11) is 0. The van der Waals surface area contributed by atoms with Crippen molar-refractivity contribution in [3.05, 3.63) is 29.8 Å². The number of rotatable bonds is 5. The third-order valence-corrected chi connectivity index (χ3v) is 2.94. The highest BCUT2D eigenvalue weighted by atomic mass is 35.5. The fourth-order valence-electron chi connectivity index (χ4n) is 1.50. The highest BCUT2D eigenvalue weighted by Crippen LogP contribution is 2.09. The molecule has 5 nitrogen and oxygen atoms in total. The van der Waals surface area contributed by atoms with Crippen LogP contribution in [-0.4, -0.2) is 17.9 Å². The smallest absolute Gasteiger partial charge is 0.224 e. The molecule has 112 valence electrons. The predicted octanol–water partition coefficient (Wildman–Crippen LogP) is 1.67. The Morgan fingerprint density at radius 3 is 2.20 bits per heavy atom. The molecule has 1 rings (SSSR count). The molecule has 2 amide bonds. The van der Waals surface area contributed by atoms with Gasteiger partial charge in [-0.15, -0.1) is 12.4 Å². The van der Waals surface area contributed by atoms with E-state index in [1.54, 1.807) is 19.1 Å². The first-order valence-electron chi connectivity index (χ1n) is 6.30. The lowest BCUT2D eigenvalue weighted by molar-refractivity contribution is -0.125. The average Bonchev–Trinajstić information content (AvgIpc) is 2.35. The first kappa shape index (κ1) is 18.4. The Morgan fingerprint density at radius 1 is 1.20 bits per heavy atom. The number of nitrogens with one attached hydrogen (secondary N) is 2. The van der Waals surface area contributed by atoms with Crippen LogP contribution in [0.1, 0.15) is 26.3 Å². The maximum absolute atomic E-state index is 11.7. The highest BCUT2D eigenvalue weighted by molar-refractivity contribution is 5.88. The predicted molar refractivity (Wildman–Crippen MR) is 82.7 cm³/mol. The van der Waals surface area contributed by atoms with Gasteiger partial charge in [-0.2, -0.15) is 0 Å². The minimum atomic E-state index is -0.210. The molecule has 4 N–H and O–H groups in total. The van der Waals surface area contributed by atoms with Crippen molar-refractivity contribution in [1.82, 2.24) is 5.32 Å². The number of nitrogens with two attached hydrogens (primary N) is 1. The van der Waals surface area contributed by atoms with Crippen LogP contribution in [0.2, 0.25) is 0 Å². The minimum absolute atomic E-state index is 0. The van der Waals surface area contributed by atoms with Crippen molar-refractivity contribution in [2.45, 2.75) is 33.4 Å². The fraction of sp³-hybridized carbons (Fsp3) is 0.429. The van der Waals surface area contributed by atoms with Crippen LogP contribution in [0.25, 0.3) is 0 Å². The zero-order valence-corrected chi connectivity index (χ0v) is 12.8. The zero-order chi connectivity index (χ0) is 14.4. The molecule has 1 aromatic rings. The Hall–Kier alpha value is -1.59. The zero-order valence-electron chi connectivity index (χ0n) is 12.0. The van der Waals surface area contributed by atoms with Crippen molar-refractivity contribution in [3.63, 3.8) is 0 Å². The molecule has 0 aliphatic rings. The number of benzene rings is 1. The first-order valence-corrected chi connectivity index (χ1v) is 6.30. The molecule has 6 heteroatoms. The molecular weight excluding hydrogens is 278 g/mol. The van der Waals surface area contributed by atoms with Gasteiger partial charge in [-0.3, -0.25) is 9.59 Å². The summed E-state index contributed by atoms with van der Waals surface area (Å²) < 4.78 is 0. The Kier molecular flexibility index (Phi) is 7.87. The third kappa shape index (κ3) is 6.04. The summed E-state index contributed by atoms with van der Waals surface area (Å²) in [6.45, 7) is 5.53. The maximum Gasteiger partial charge on any atom is 0.224 e. The number of halogens is 1. The maximum atomic E-state index is 11.7. The van der Waals surface area contributed by atoms with Crippen molar-refractivity contribution in [3.8, 4) is 0 Å². The van der Waals surface area contributed by atoms with Crippen molar-refractivity contribution in [1.29, 1.82) is 0 Å². The second kappa shape index (κ2) is 8.55. The van der Waals surface area contributed by atoms with Gasteiger partial charge in [0.05, 0.1) is 0 Å². The molecule has 0 aliphatic heterocycles. The summed E-state index contributed by atoms with van der Waals surface area (Å²) in [4.78, 5) is 22.6. The average molecular weight is 300 g/mol. The Morgan fingerprint density at radius 2 is 1.75 bits per heavy atom. The summed E-state index contributed by atoms with van der Waals surface area (Å²) >= 11 is 0. The molecule has 0 aromatic heterocycles. The lowest BCUT2D eigenvalue weighted by Crippen LogP contribution is -2.38. The quantitative estimate of drug-likeness (QED) is 0.773. The second-order valence-corrected chi connectivity index (χ2v) is 4.74. The largest absolute Gasteiger partial charge is 0.352 e. The number of carbonyl (C=O) groups excluding carboxylic acids is 2. The molecule has 2 unspecified atom stereocenters. The highest BCUT2D eigenvalue weighted by Gasteiger charge is 2.16. The van der Waals surface area contributed by atoms with Gasteiger partial charge in [0.15, 0.2) is 0 Å². The molecule has 0 fully saturated rings. The van der Waals surface area contributed by atoms with Crippen LogP contribution in [-0.2, 0) is 16.1 Å². The van der Waals surface area contributed by atoms with Crippen molar-refractivity contribution >= 4 is 29.9 Å². The number of carbonyl (C=O) groups is 2. The van der Waals surface area contributed by atoms with Crippen LogP contribution in [0.5, 0.6) is 0 Å². The minimum Gasteiger partial charge on any atom is -0.352 e. The number of amides is 2. The van der Waals surface area contributed by atoms with Gasteiger partial charge in [-0.05, 0) is 24.6 Å². The van der Waals surface area contributed by atoms with Crippen LogP contribution < -0.4 is 16.4 Å². The summed E-state index contributed by atoms with van der Waals surface area (Å²) in [5.74, 6) is -0.369. The van der Waals surface area contributed by atoms with Crippen LogP contribution in [0.15, 0.2) is 24.3 Å². The Labute approximate surface area is 125 Å². The van der Waals surface area contributed by atoms with Crippen molar-refractivity contribution in [2.75, 3.05) is 5.32 Å². The Bertz CT molecular complexity index is 446. The lowest BCUT2D eigenvalue weighted by Gasteiger charge is -2.15. The topological polar surface area (TPSA) is 84.2 Å². The molecule has 0 radical (unpaired) electrons. The number of hydrogen-bond donors (Lipinski definition) is 3. The number of anilines is 1. The van der Waals surface area contributed by atoms with Gasteiger partial charge in [-0.25, -0.2) is 0 Å². The van der Waals surface area contributed by atoms with E-state index in [2.05, 4.69) is 10.6 Å². The molecule has 0 heterocycles. The van der Waals surface area contributed by atoms with E-state index in [1.807, 2.05) is 19.1 Å². The molecule has 0 spiro atoms. The van der Waals surface area contributed by atoms with Gasteiger partial charge >= 0.3 is 0 Å². The summed E-state index contributed by atoms with van der Waals surface area (Å²) in [6.07, 6.45) is 0. The molecule has 0 aliphatic carbocycles. The summed E-state index contributed by atoms with van der Waals surface area (Å²) in [5, 5.41) is 5.52. The molecule has 1 aromatic carbocycles. The van der Waals surface area contributed by atoms with Crippen LogP contribution in [0.3, 0.4) is 0 Å².